The molecule has 1 saturated carbocycles. The Morgan fingerprint density at radius 3 is 2.54 bits per heavy atom. The molecule has 0 aliphatic heterocycles. The minimum atomic E-state index is -0.998. The van der Waals surface area contributed by atoms with Gasteiger partial charge in [-0.2, -0.15) is 5.26 Å². The maximum absolute atomic E-state index is 12.5. The van der Waals surface area contributed by atoms with Crippen LogP contribution >= 0.6 is 0 Å². The van der Waals surface area contributed by atoms with Crippen LogP contribution in [-0.2, 0) is 9.59 Å². The van der Waals surface area contributed by atoms with E-state index >= 15 is 0 Å². The number of primary amides is 1. The number of carbonyl (C=O) groups excluding carboxylic acids is 3. The Bertz CT molecular complexity index is 687. The van der Waals surface area contributed by atoms with Crippen molar-refractivity contribution in [3.05, 3.63) is 29.8 Å². The summed E-state index contributed by atoms with van der Waals surface area (Å²) >= 11 is 0. The van der Waals surface area contributed by atoms with Crippen molar-refractivity contribution in [1.82, 2.24) is 5.32 Å². The molecular weight excluding hydrogens is 308 g/mol. The number of nitrogens with two attached hydrogens (primary N) is 1. The van der Waals surface area contributed by atoms with E-state index < -0.39 is 17.2 Å². The lowest BCUT2D eigenvalue weighted by atomic mass is 9.74. The number of nitrogens with one attached hydrogen (secondary N) is 2. The lowest BCUT2D eigenvalue weighted by Gasteiger charge is -2.29. The fourth-order valence-corrected chi connectivity index (χ4v) is 2.80. The zero-order chi connectivity index (χ0) is 17.6. The third-order valence-electron chi connectivity index (χ3n) is 4.16. The van der Waals surface area contributed by atoms with E-state index in [1.807, 2.05) is 0 Å². The third-order valence-corrected chi connectivity index (χ3v) is 4.16. The van der Waals surface area contributed by atoms with Gasteiger partial charge in [-0.3, -0.25) is 14.4 Å². The molecule has 0 bridgehead atoms. The Balaban J connectivity index is 2.08. The molecule has 4 N–H and O–H groups in total. The van der Waals surface area contributed by atoms with Gasteiger partial charge in [0.25, 0.3) is 5.91 Å². The summed E-state index contributed by atoms with van der Waals surface area (Å²) in [4.78, 5) is 35.2. The molecule has 1 fully saturated rings. The van der Waals surface area contributed by atoms with Crippen molar-refractivity contribution in [2.24, 2.45) is 11.1 Å². The summed E-state index contributed by atoms with van der Waals surface area (Å²) in [5, 5.41) is 14.5. The molecule has 0 aromatic heterocycles. The van der Waals surface area contributed by atoms with Gasteiger partial charge in [-0.05, 0) is 31.0 Å². The second-order valence-electron chi connectivity index (χ2n) is 5.94. The summed E-state index contributed by atoms with van der Waals surface area (Å²) in [6, 6.07) is 8.50. The lowest BCUT2D eigenvalue weighted by Crippen LogP contribution is -2.37. The van der Waals surface area contributed by atoms with Gasteiger partial charge in [-0.25, -0.2) is 0 Å². The highest BCUT2D eigenvalue weighted by atomic mass is 16.2. The normalized spacial score (nSPS) is 15.8. The minimum Gasteiger partial charge on any atom is -0.368 e. The number of amides is 3. The van der Waals surface area contributed by atoms with E-state index in [1.165, 1.54) is 6.07 Å². The van der Waals surface area contributed by atoms with E-state index in [4.69, 9.17) is 5.73 Å². The first kappa shape index (κ1) is 17.5. The molecule has 126 valence electrons. The molecule has 0 spiro atoms. The summed E-state index contributed by atoms with van der Waals surface area (Å²) in [5.74, 6) is -1.43. The molecule has 7 heteroatoms. The van der Waals surface area contributed by atoms with Crippen LogP contribution < -0.4 is 16.4 Å². The van der Waals surface area contributed by atoms with Crippen LogP contribution in [0.4, 0.5) is 5.69 Å². The number of nitriles is 1. The van der Waals surface area contributed by atoms with E-state index in [0.29, 0.717) is 24.1 Å². The standard InChI is InChI=1S/C17H20N4O3/c18-11-17(7-2-1-3-8-17)16(24)21-13-6-4-5-12(9-13)15(23)20-10-14(19)22/h4-6,9H,1-3,7-8,10H2,(H2,19,22)(H,20,23)(H,21,24). The minimum absolute atomic E-state index is 0.257. The van der Waals surface area contributed by atoms with Crippen molar-refractivity contribution in [2.75, 3.05) is 11.9 Å². The predicted molar refractivity (Wildman–Crippen MR) is 87.7 cm³/mol. The van der Waals surface area contributed by atoms with Gasteiger partial charge in [-0.1, -0.05) is 25.3 Å². The van der Waals surface area contributed by atoms with Gasteiger partial charge in [0, 0.05) is 11.3 Å². The Hall–Kier alpha value is -2.88. The van der Waals surface area contributed by atoms with Crippen molar-refractivity contribution < 1.29 is 14.4 Å². The van der Waals surface area contributed by atoms with Crippen LogP contribution in [0.15, 0.2) is 24.3 Å². The summed E-state index contributed by atoms with van der Waals surface area (Å²) in [5.41, 5.74) is 4.72. The molecule has 7 nitrogen and oxygen atoms in total. The SMILES string of the molecule is N#CC1(C(=O)Nc2cccc(C(=O)NCC(N)=O)c2)CCCCC1. The van der Waals surface area contributed by atoms with E-state index in [9.17, 15) is 19.6 Å². The first-order chi connectivity index (χ1) is 11.5. The molecule has 1 aliphatic rings. The fraction of sp³-hybridized carbons (Fsp3) is 0.412. The number of hydrogen-bond donors (Lipinski definition) is 3. The second kappa shape index (κ2) is 7.59. The van der Waals surface area contributed by atoms with Gasteiger partial charge in [0.05, 0.1) is 12.6 Å². The van der Waals surface area contributed by atoms with E-state index in [2.05, 4.69) is 16.7 Å². The van der Waals surface area contributed by atoms with Crippen LogP contribution in [0.25, 0.3) is 0 Å². The maximum Gasteiger partial charge on any atom is 0.251 e. The third kappa shape index (κ3) is 4.10. The van der Waals surface area contributed by atoms with Crippen molar-refractivity contribution >= 4 is 23.4 Å². The molecule has 1 aromatic rings. The molecular formula is C17H20N4O3. The molecule has 1 aromatic carbocycles. The summed E-state index contributed by atoms with van der Waals surface area (Å²) in [7, 11) is 0. The lowest BCUT2D eigenvalue weighted by molar-refractivity contribution is -0.124. The summed E-state index contributed by atoms with van der Waals surface area (Å²) in [6.07, 6.45) is 3.85. The van der Waals surface area contributed by atoms with Crippen molar-refractivity contribution in [3.63, 3.8) is 0 Å². The quantitative estimate of drug-likeness (QED) is 0.753. The molecule has 0 heterocycles. The van der Waals surface area contributed by atoms with Crippen LogP contribution in [0.2, 0.25) is 0 Å². The molecule has 0 saturated heterocycles. The highest BCUT2D eigenvalue weighted by Gasteiger charge is 2.39. The van der Waals surface area contributed by atoms with Crippen LogP contribution in [0.1, 0.15) is 42.5 Å². The monoisotopic (exact) mass is 328 g/mol. The second-order valence-corrected chi connectivity index (χ2v) is 5.94. The summed E-state index contributed by atoms with van der Waals surface area (Å²) in [6.45, 7) is -0.257. The fourth-order valence-electron chi connectivity index (χ4n) is 2.80. The average molecular weight is 328 g/mol. The van der Waals surface area contributed by atoms with Crippen LogP contribution in [0.5, 0.6) is 0 Å². The van der Waals surface area contributed by atoms with Crippen LogP contribution in [-0.4, -0.2) is 24.3 Å². The predicted octanol–water partition coefficient (Wildman–Crippen LogP) is 1.31. The van der Waals surface area contributed by atoms with Gasteiger partial charge in [0.15, 0.2) is 0 Å². The molecule has 0 unspecified atom stereocenters. The largest absolute Gasteiger partial charge is 0.368 e. The van der Waals surface area contributed by atoms with Gasteiger partial charge in [0.2, 0.25) is 11.8 Å². The van der Waals surface area contributed by atoms with Crippen molar-refractivity contribution in [3.8, 4) is 6.07 Å². The van der Waals surface area contributed by atoms with Gasteiger partial charge < -0.3 is 16.4 Å². The van der Waals surface area contributed by atoms with Crippen molar-refractivity contribution in [2.45, 2.75) is 32.1 Å². The van der Waals surface area contributed by atoms with Gasteiger partial charge in [-0.15, -0.1) is 0 Å². The Labute approximate surface area is 140 Å². The Kier molecular flexibility index (Phi) is 5.53. The molecule has 0 radical (unpaired) electrons. The number of rotatable bonds is 5. The zero-order valence-corrected chi connectivity index (χ0v) is 13.3. The average Bonchev–Trinajstić information content (AvgIpc) is 2.60. The highest BCUT2D eigenvalue weighted by molar-refractivity contribution is 6.00. The topological polar surface area (TPSA) is 125 Å². The summed E-state index contributed by atoms with van der Waals surface area (Å²) < 4.78 is 0. The smallest absolute Gasteiger partial charge is 0.251 e. The Morgan fingerprint density at radius 1 is 1.21 bits per heavy atom. The Morgan fingerprint density at radius 2 is 1.92 bits per heavy atom. The van der Waals surface area contributed by atoms with E-state index in [1.54, 1.807) is 18.2 Å². The van der Waals surface area contributed by atoms with E-state index in [-0.39, 0.29) is 12.5 Å². The first-order valence-electron chi connectivity index (χ1n) is 7.86. The maximum atomic E-state index is 12.5. The number of benzene rings is 1. The molecule has 0 atom stereocenters. The molecule has 1 aliphatic carbocycles. The van der Waals surface area contributed by atoms with Crippen LogP contribution in [0, 0.1) is 16.7 Å². The first-order valence-corrected chi connectivity index (χ1v) is 7.86. The van der Waals surface area contributed by atoms with Gasteiger partial charge in [0.1, 0.15) is 5.41 Å². The molecule has 24 heavy (non-hydrogen) atoms. The number of hydrogen-bond acceptors (Lipinski definition) is 4. The number of anilines is 1. The van der Waals surface area contributed by atoms with Gasteiger partial charge >= 0.3 is 0 Å². The van der Waals surface area contributed by atoms with Crippen molar-refractivity contribution in [1.29, 1.82) is 5.26 Å². The number of carbonyl (C=O) groups is 3. The zero-order valence-electron chi connectivity index (χ0n) is 13.3. The van der Waals surface area contributed by atoms with Crippen LogP contribution in [0.3, 0.4) is 0 Å². The molecule has 2 rings (SSSR count). The van der Waals surface area contributed by atoms with E-state index in [0.717, 1.165) is 19.3 Å². The highest BCUT2D eigenvalue weighted by Crippen LogP contribution is 2.36. The molecule has 3 amide bonds. The number of nitrogens with zero attached hydrogens (tertiary/aromatic N) is 1.